The van der Waals surface area contributed by atoms with Gasteiger partial charge in [0.1, 0.15) is 54.5 Å². The van der Waals surface area contributed by atoms with Gasteiger partial charge in [-0.1, -0.05) is 65.9 Å². The normalized spacial score (nSPS) is 39.5. The zero-order valence-corrected chi connectivity index (χ0v) is 22.9. The molecule has 2 aromatic carbocycles. The van der Waals surface area contributed by atoms with Crippen LogP contribution in [0.4, 0.5) is 0 Å². The van der Waals surface area contributed by atoms with E-state index in [1.54, 1.807) is 0 Å². The van der Waals surface area contributed by atoms with Crippen molar-refractivity contribution in [2.24, 2.45) is 0 Å². The highest BCUT2D eigenvalue weighted by molar-refractivity contribution is 5.17. The summed E-state index contributed by atoms with van der Waals surface area (Å²) in [5, 5.41) is 51.4. The molecule has 4 fully saturated rings. The molecule has 0 saturated carbocycles. The molecule has 0 bridgehead atoms. The minimum Gasteiger partial charge on any atom is -0.387 e. The van der Waals surface area contributed by atoms with E-state index in [9.17, 15) is 20.4 Å². The van der Waals surface area contributed by atoms with Gasteiger partial charge in [-0.25, -0.2) is 4.68 Å². The molecule has 1 aromatic heterocycles. The summed E-state index contributed by atoms with van der Waals surface area (Å²) in [6, 6.07) is 18.6. The van der Waals surface area contributed by atoms with Crippen molar-refractivity contribution in [2.75, 3.05) is 13.2 Å². The number of aliphatic hydroxyl groups is 4. The van der Waals surface area contributed by atoms with E-state index in [0.29, 0.717) is 5.69 Å². The van der Waals surface area contributed by atoms with Gasteiger partial charge in [-0.3, -0.25) is 0 Å². The molecular weight excluding hydrogens is 566 g/mol. The number of hydrogen-bond donors (Lipinski definition) is 4. The Labute approximate surface area is 246 Å². The molecule has 4 N–H and O–H groups in total. The quantitative estimate of drug-likeness (QED) is 0.300. The molecule has 4 aliphatic rings. The Kier molecular flexibility index (Phi) is 8.24. The number of benzene rings is 2. The third kappa shape index (κ3) is 5.72. The number of aromatic nitrogens is 3. The topological polar surface area (TPSA) is 176 Å². The van der Waals surface area contributed by atoms with Crippen molar-refractivity contribution < 1.29 is 53.6 Å². The largest absolute Gasteiger partial charge is 0.387 e. The molecule has 7 rings (SSSR count). The van der Waals surface area contributed by atoms with Gasteiger partial charge in [0, 0.05) is 11.1 Å². The monoisotopic (exact) mass is 599 g/mol. The van der Waals surface area contributed by atoms with Crippen molar-refractivity contribution in [1.82, 2.24) is 15.0 Å². The van der Waals surface area contributed by atoms with Gasteiger partial charge in [-0.2, -0.15) is 0 Å². The van der Waals surface area contributed by atoms with Crippen LogP contribution in [0.3, 0.4) is 0 Å². The summed E-state index contributed by atoms with van der Waals surface area (Å²) in [4.78, 5) is 0. The Bertz CT molecular complexity index is 1350. The molecule has 14 heteroatoms. The Morgan fingerprint density at radius 1 is 0.698 bits per heavy atom. The highest BCUT2D eigenvalue weighted by atomic mass is 16.8. The maximum atomic E-state index is 10.9. The van der Waals surface area contributed by atoms with Crippen LogP contribution in [0, 0.1) is 0 Å². The van der Waals surface area contributed by atoms with Crippen molar-refractivity contribution >= 4 is 0 Å². The Hall–Kier alpha value is -2.86. The fourth-order valence-electron chi connectivity index (χ4n) is 5.76. The van der Waals surface area contributed by atoms with Crippen molar-refractivity contribution in [3.63, 3.8) is 0 Å². The smallest absolute Gasteiger partial charge is 0.187 e. The second-order valence-electron chi connectivity index (χ2n) is 10.9. The fourth-order valence-corrected chi connectivity index (χ4v) is 5.76. The SMILES string of the molecule is O[C@@H]1[C@@H](O)[C@H](n2cc(CO[C@H]3O[C@@H]4COC(c5ccccc5)O[C@@H]4[C@H](O)[C@H]3O)nn2)O[C@@H]2COC(c3ccccc3)O[C@H]12. The lowest BCUT2D eigenvalue weighted by Crippen LogP contribution is -2.62. The molecule has 4 saturated heterocycles. The van der Waals surface area contributed by atoms with Gasteiger partial charge in [0.15, 0.2) is 25.1 Å². The van der Waals surface area contributed by atoms with Crippen LogP contribution >= 0.6 is 0 Å². The van der Waals surface area contributed by atoms with Crippen molar-refractivity contribution in [3.8, 4) is 0 Å². The van der Waals surface area contributed by atoms with Gasteiger partial charge in [0.25, 0.3) is 0 Å². The van der Waals surface area contributed by atoms with E-state index in [2.05, 4.69) is 10.3 Å². The molecule has 43 heavy (non-hydrogen) atoms. The second kappa shape index (κ2) is 12.3. The Balaban J connectivity index is 0.950. The predicted octanol–water partition coefficient (Wildman–Crippen LogP) is 0.0890. The van der Waals surface area contributed by atoms with Gasteiger partial charge < -0.3 is 53.6 Å². The number of fused-ring (bicyclic) bond motifs is 2. The van der Waals surface area contributed by atoms with Gasteiger partial charge >= 0.3 is 0 Å². The second-order valence-corrected chi connectivity index (χ2v) is 10.9. The molecule has 5 heterocycles. The number of rotatable bonds is 6. The lowest BCUT2D eigenvalue weighted by atomic mass is 9.97. The number of hydrogen-bond acceptors (Lipinski definition) is 13. The van der Waals surface area contributed by atoms with Crippen LogP contribution in [-0.4, -0.2) is 104 Å². The minimum atomic E-state index is -1.40. The van der Waals surface area contributed by atoms with Crippen LogP contribution in [0.2, 0.25) is 0 Å². The maximum absolute atomic E-state index is 10.9. The van der Waals surface area contributed by atoms with Gasteiger partial charge in [0.2, 0.25) is 0 Å². The Morgan fingerprint density at radius 3 is 1.86 bits per heavy atom. The van der Waals surface area contributed by atoms with Gasteiger partial charge in [-0.15, -0.1) is 5.10 Å². The summed E-state index contributed by atoms with van der Waals surface area (Å²) < 4.78 is 42.4. The third-order valence-electron chi connectivity index (χ3n) is 8.04. The maximum Gasteiger partial charge on any atom is 0.187 e. The summed E-state index contributed by atoms with van der Waals surface area (Å²) >= 11 is 0. The first-order chi connectivity index (χ1) is 21.0. The lowest BCUT2D eigenvalue weighted by molar-refractivity contribution is -0.363. The molecule has 3 aromatic rings. The molecule has 0 amide bonds. The molecule has 12 atom stereocenters. The van der Waals surface area contributed by atoms with Crippen LogP contribution < -0.4 is 0 Å². The van der Waals surface area contributed by atoms with Crippen molar-refractivity contribution in [3.05, 3.63) is 83.7 Å². The predicted molar refractivity (Wildman–Crippen MR) is 141 cm³/mol. The molecule has 4 aliphatic heterocycles. The van der Waals surface area contributed by atoms with E-state index in [1.165, 1.54) is 10.9 Å². The lowest BCUT2D eigenvalue weighted by Gasteiger charge is -2.46. The number of ether oxygens (including phenoxy) is 7. The van der Waals surface area contributed by atoms with Crippen LogP contribution in [0.1, 0.15) is 35.6 Å². The van der Waals surface area contributed by atoms with E-state index < -0.39 is 73.9 Å². The first kappa shape index (κ1) is 28.9. The van der Waals surface area contributed by atoms with Crippen LogP contribution in [0.25, 0.3) is 0 Å². The number of aliphatic hydroxyl groups excluding tert-OH is 4. The standard InChI is InChI=1S/C29H33N3O11/c33-20-22(35)26(40-18-13-38-27(42-24(18)20)15-7-3-1-4-8-15)32-11-17(30-31-32)12-37-29-23(36)21(34)25-19(41-29)14-39-28(43-25)16-9-5-2-6-10-16/h1-11,18-29,33-36H,12-14H2/t18-,19-,20-,21-,22-,23-,24+,25+,26-,27?,28?,29+/m1/s1. The van der Waals surface area contributed by atoms with Gasteiger partial charge in [0.05, 0.1) is 26.0 Å². The summed E-state index contributed by atoms with van der Waals surface area (Å²) in [6.07, 6.45) is -10.4. The van der Waals surface area contributed by atoms with Crippen LogP contribution in [-0.2, 0) is 39.8 Å². The van der Waals surface area contributed by atoms with E-state index in [-0.39, 0.29) is 19.8 Å². The first-order valence-electron chi connectivity index (χ1n) is 14.2. The summed E-state index contributed by atoms with van der Waals surface area (Å²) in [7, 11) is 0. The molecule has 0 radical (unpaired) electrons. The molecular formula is C29H33N3O11. The average Bonchev–Trinajstić information content (AvgIpc) is 3.53. The zero-order valence-electron chi connectivity index (χ0n) is 22.9. The zero-order chi connectivity index (χ0) is 29.5. The van der Waals surface area contributed by atoms with Crippen molar-refractivity contribution in [1.29, 1.82) is 0 Å². The third-order valence-corrected chi connectivity index (χ3v) is 8.04. The minimum absolute atomic E-state index is 0.130. The van der Waals surface area contributed by atoms with E-state index in [0.717, 1.165) is 11.1 Å². The molecule has 2 unspecified atom stereocenters. The molecule has 230 valence electrons. The van der Waals surface area contributed by atoms with Crippen LogP contribution in [0.15, 0.2) is 66.9 Å². The average molecular weight is 600 g/mol. The first-order valence-corrected chi connectivity index (χ1v) is 14.2. The summed E-state index contributed by atoms with van der Waals surface area (Å²) in [5.41, 5.74) is 1.92. The summed E-state index contributed by atoms with van der Waals surface area (Å²) in [5.74, 6) is 0. The van der Waals surface area contributed by atoms with E-state index in [4.69, 9.17) is 33.2 Å². The van der Waals surface area contributed by atoms with Crippen LogP contribution in [0.5, 0.6) is 0 Å². The molecule has 14 nitrogen and oxygen atoms in total. The fraction of sp³-hybridized carbons (Fsp3) is 0.517. The van der Waals surface area contributed by atoms with Crippen molar-refractivity contribution in [2.45, 2.75) is 80.5 Å². The number of nitrogens with zero attached hydrogens (tertiary/aromatic N) is 3. The highest BCUT2D eigenvalue weighted by Gasteiger charge is 2.51. The van der Waals surface area contributed by atoms with E-state index >= 15 is 0 Å². The molecule has 0 spiro atoms. The highest BCUT2D eigenvalue weighted by Crippen LogP contribution is 2.37. The summed E-state index contributed by atoms with van der Waals surface area (Å²) in [6.45, 7) is 0.129. The van der Waals surface area contributed by atoms with E-state index in [1.807, 2.05) is 60.7 Å². The van der Waals surface area contributed by atoms with Gasteiger partial charge in [-0.05, 0) is 0 Å². The molecule has 0 aliphatic carbocycles. The Morgan fingerprint density at radius 2 is 1.26 bits per heavy atom.